The van der Waals surface area contributed by atoms with Crippen LogP contribution in [0.25, 0.3) is 0 Å². The zero-order chi connectivity index (χ0) is 8.15. The smallest absolute Gasteiger partial charge is 0.192 e. The summed E-state index contributed by atoms with van der Waals surface area (Å²) >= 11 is 1.69. The Hall–Kier alpha value is 0.0300. The van der Waals surface area contributed by atoms with Crippen LogP contribution in [0, 0.1) is 0 Å². The zero-order valence-electron chi connectivity index (χ0n) is 5.76. The van der Waals surface area contributed by atoms with Gasteiger partial charge in [0.25, 0.3) is 0 Å². The molecule has 2 N–H and O–H groups in total. The molecule has 0 aromatic rings. The van der Waals surface area contributed by atoms with Crippen molar-refractivity contribution in [3.63, 3.8) is 0 Å². The van der Waals surface area contributed by atoms with E-state index >= 15 is 0 Å². The van der Waals surface area contributed by atoms with Crippen LogP contribution in [0.3, 0.4) is 0 Å². The second-order valence-corrected chi connectivity index (χ2v) is 3.31. The molecule has 0 bridgehead atoms. The summed E-state index contributed by atoms with van der Waals surface area (Å²) in [6.45, 7) is 1.43. The van der Waals surface area contributed by atoms with Crippen molar-refractivity contribution in [3.05, 3.63) is 0 Å². The van der Waals surface area contributed by atoms with E-state index in [4.69, 9.17) is 5.73 Å². The molecule has 0 aliphatic heterocycles. The highest BCUT2D eigenvalue weighted by Gasteiger charge is 2.08. The van der Waals surface area contributed by atoms with Crippen molar-refractivity contribution in [1.82, 2.24) is 0 Å². The number of rotatable bonds is 4. The van der Waals surface area contributed by atoms with Gasteiger partial charge in [-0.15, -0.1) is 0 Å². The number of halogens is 1. The Kier molecular flexibility index (Phi) is 4.80. The summed E-state index contributed by atoms with van der Waals surface area (Å²) in [7, 11) is 0. The van der Waals surface area contributed by atoms with Crippen molar-refractivity contribution >= 4 is 32.2 Å². The van der Waals surface area contributed by atoms with Crippen molar-refractivity contribution in [2.75, 3.05) is 0 Å². The lowest BCUT2D eigenvalue weighted by Gasteiger charge is -2.03. The predicted molar refractivity (Wildman–Crippen MR) is 46.9 cm³/mol. The van der Waals surface area contributed by atoms with Crippen LogP contribution in [0.15, 0.2) is 0 Å². The van der Waals surface area contributed by atoms with Gasteiger partial charge in [0, 0.05) is 6.42 Å². The lowest BCUT2D eigenvalue weighted by Crippen LogP contribution is -2.28. The highest BCUT2D eigenvalue weighted by molar-refractivity contribution is 14.1. The molecule has 0 aliphatic carbocycles. The van der Waals surface area contributed by atoms with Gasteiger partial charge in [0.1, 0.15) is 5.78 Å². The van der Waals surface area contributed by atoms with Gasteiger partial charge in [0.15, 0.2) is 3.79 Å². The van der Waals surface area contributed by atoms with Crippen molar-refractivity contribution in [2.45, 2.75) is 25.8 Å². The SMILES string of the molecule is CC(=O)[C@@H](N)CCC(=O)I. The van der Waals surface area contributed by atoms with E-state index in [1.54, 1.807) is 22.6 Å². The Bertz CT molecular complexity index is 147. The molecule has 0 spiro atoms. The number of hydrogen-bond acceptors (Lipinski definition) is 3. The first-order valence-corrected chi connectivity index (χ1v) is 4.06. The number of carbonyl (C=O) groups is 2. The number of ketones is 1. The maximum absolute atomic E-state index is 10.5. The number of carbonyl (C=O) groups excluding carboxylic acids is 2. The summed E-state index contributed by atoms with van der Waals surface area (Å²) in [6.07, 6.45) is 0.860. The second kappa shape index (κ2) is 4.79. The van der Waals surface area contributed by atoms with Gasteiger partial charge in [0.05, 0.1) is 6.04 Å². The molecule has 0 radical (unpaired) electrons. The summed E-state index contributed by atoms with van der Waals surface area (Å²) in [5.41, 5.74) is 5.36. The fraction of sp³-hybridized carbons (Fsp3) is 0.667. The quantitative estimate of drug-likeness (QED) is 0.592. The minimum Gasteiger partial charge on any atom is -0.322 e. The fourth-order valence-electron chi connectivity index (χ4n) is 0.472. The van der Waals surface area contributed by atoms with Gasteiger partial charge in [-0.1, -0.05) is 0 Å². The number of hydrogen-bond donors (Lipinski definition) is 1. The topological polar surface area (TPSA) is 60.2 Å². The fourth-order valence-corrected chi connectivity index (χ4v) is 0.784. The molecule has 0 rings (SSSR count). The Morgan fingerprint density at radius 2 is 2.10 bits per heavy atom. The van der Waals surface area contributed by atoms with Crippen LogP contribution in [-0.4, -0.2) is 15.6 Å². The molecule has 58 valence electrons. The summed E-state index contributed by atoms with van der Waals surface area (Å²) in [4.78, 5) is 20.9. The van der Waals surface area contributed by atoms with Crippen LogP contribution in [0.2, 0.25) is 0 Å². The van der Waals surface area contributed by atoms with Crippen molar-refractivity contribution in [3.8, 4) is 0 Å². The van der Waals surface area contributed by atoms with Crippen molar-refractivity contribution < 1.29 is 9.59 Å². The van der Waals surface area contributed by atoms with Crippen LogP contribution >= 0.6 is 22.6 Å². The molecular weight excluding hydrogens is 245 g/mol. The Morgan fingerprint density at radius 1 is 1.60 bits per heavy atom. The lowest BCUT2D eigenvalue weighted by atomic mass is 10.1. The second-order valence-electron chi connectivity index (χ2n) is 2.11. The molecule has 1 atom stereocenters. The summed E-state index contributed by atoms with van der Waals surface area (Å²) in [5, 5.41) is 0. The van der Waals surface area contributed by atoms with Crippen LogP contribution in [-0.2, 0) is 9.59 Å². The average Bonchev–Trinajstić information content (AvgIpc) is 1.82. The first-order chi connectivity index (χ1) is 4.54. The molecule has 0 aromatic heterocycles. The van der Waals surface area contributed by atoms with Crippen LogP contribution in [0.1, 0.15) is 19.8 Å². The third-order valence-electron chi connectivity index (χ3n) is 1.17. The maximum Gasteiger partial charge on any atom is 0.192 e. The molecule has 0 aliphatic rings. The molecule has 0 aromatic carbocycles. The predicted octanol–water partition coefficient (Wildman–Crippen LogP) is 0.644. The molecular formula is C6H10INO2. The normalized spacial score (nSPS) is 12.7. The highest BCUT2D eigenvalue weighted by atomic mass is 127. The first kappa shape index (κ1) is 10.0. The molecule has 0 saturated carbocycles. The Labute approximate surface area is 73.5 Å². The van der Waals surface area contributed by atoms with E-state index in [0.29, 0.717) is 12.8 Å². The number of Topliss-reactive ketones (excluding diaryl/α,β-unsaturated/α-hetero) is 1. The monoisotopic (exact) mass is 255 g/mol. The largest absolute Gasteiger partial charge is 0.322 e. The van der Waals surface area contributed by atoms with Gasteiger partial charge < -0.3 is 5.73 Å². The van der Waals surface area contributed by atoms with E-state index in [0.717, 1.165) is 0 Å². The van der Waals surface area contributed by atoms with Gasteiger partial charge in [-0.05, 0) is 35.9 Å². The molecule has 0 saturated heterocycles. The molecule has 3 nitrogen and oxygen atoms in total. The van der Waals surface area contributed by atoms with E-state index in [9.17, 15) is 9.59 Å². The standard InChI is InChI=1S/C6H10INO2/c1-4(9)5(8)2-3-6(7)10/h5H,2-3,8H2,1H3/t5-/m0/s1. The molecule has 0 heterocycles. The molecule has 0 fully saturated rings. The molecule has 0 amide bonds. The summed E-state index contributed by atoms with van der Waals surface area (Å²) in [5.74, 6) is -0.0577. The van der Waals surface area contributed by atoms with Gasteiger partial charge in [-0.25, -0.2) is 0 Å². The first-order valence-electron chi connectivity index (χ1n) is 2.98. The van der Waals surface area contributed by atoms with E-state index in [1.165, 1.54) is 6.92 Å². The van der Waals surface area contributed by atoms with Gasteiger partial charge in [-0.3, -0.25) is 9.59 Å². The van der Waals surface area contributed by atoms with Crippen molar-refractivity contribution in [1.29, 1.82) is 0 Å². The molecule has 4 heteroatoms. The van der Waals surface area contributed by atoms with Gasteiger partial charge in [-0.2, -0.15) is 0 Å². The summed E-state index contributed by atoms with van der Waals surface area (Å²) in [6, 6.07) is -0.460. The van der Waals surface area contributed by atoms with Gasteiger partial charge >= 0.3 is 0 Å². The highest BCUT2D eigenvalue weighted by Crippen LogP contribution is 2.00. The minimum atomic E-state index is -0.460. The molecule has 0 unspecified atom stereocenters. The zero-order valence-corrected chi connectivity index (χ0v) is 7.92. The number of nitrogens with two attached hydrogens (primary N) is 1. The van der Waals surface area contributed by atoms with Crippen LogP contribution in [0.4, 0.5) is 0 Å². The third kappa shape index (κ3) is 4.87. The Morgan fingerprint density at radius 3 is 2.40 bits per heavy atom. The minimum absolute atomic E-state index is 0.0503. The van der Waals surface area contributed by atoms with Crippen molar-refractivity contribution in [2.24, 2.45) is 5.73 Å². The van der Waals surface area contributed by atoms with Gasteiger partial charge in [0.2, 0.25) is 0 Å². The molecule has 10 heavy (non-hydrogen) atoms. The van der Waals surface area contributed by atoms with E-state index < -0.39 is 6.04 Å². The van der Waals surface area contributed by atoms with E-state index in [1.807, 2.05) is 0 Å². The van der Waals surface area contributed by atoms with E-state index in [2.05, 4.69) is 0 Å². The Balaban J connectivity index is 3.49. The van der Waals surface area contributed by atoms with Crippen LogP contribution in [0.5, 0.6) is 0 Å². The van der Waals surface area contributed by atoms with E-state index in [-0.39, 0.29) is 9.57 Å². The van der Waals surface area contributed by atoms with Crippen LogP contribution < -0.4 is 5.73 Å². The lowest BCUT2D eigenvalue weighted by molar-refractivity contribution is -0.118. The average molecular weight is 255 g/mol. The third-order valence-corrected chi connectivity index (χ3v) is 1.71. The summed E-state index contributed by atoms with van der Waals surface area (Å²) < 4.78 is 0.0503. The maximum atomic E-state index is 10.5.